The summed E-state index contributed by atoms with van der Waals surface area (Å²) in [6.45, 7) is 8.00. The molecule has 0 saturated heterocycles. The summed E-state index contributed by atoms with van der Waals surface area (Å²) in [7, 11) is 0. The second kappa shape index (κ2) is 7.11. The molecule has 1 saturated carbocycles. The summed E-state index contributed by atoms with van der Waals surface area (Å²) in [6.07, 6.45) is 5.42. The van der Waals surface area contributed by atoms with Crippen molar-refractivity contribution in [3.05, 3.63) is 23.7 Å². The first-order chi connectivity index (χ1) is 9.13. The monoisotopic (exact) mass is 265 g/mol. The van der Waals surface area contributed by atoms with Crippen LogP contribution in [0.4, 0.5) is 0 Å². The number of nitrogens with one attached hydrogen (secondary N) is 1. The Morgan fingerprint density at radius 3 is 2.58 bits per heavy atom. The van der Waals surface area contributed by atoms with Crippen molar-refractivity contribution in [3.8, 4) is 0 Å². The molecule has 0 radical (unpaired) electrons. The predicted molar refractivity (Wildman–Crippen MR) is 76.9 cm³/mol. The van der Waals surface area contributed by atoms with E-state index in [0.717, 1.165) is 24.0 Å². The molecule has 19 heavy (non-hydrogen) atoms. The minimum Gasteiger partial charge on any atom is -0.462 e. The Morgan fingerprint density at radius 2 is 1.89 bits per heavy atom. The van der Waals surface area contributed by atoms with Gasteiger partial charge in [-0.3, -0.25) is 0 Å². The quantitative estimate of drug-likeness (QED) is 0.847. The molecule has 0 atom stereocenters. The fraction of sp³-hybridized carbons (Fsp3) is 0.750. The molecular weight excluding hydrogens is 238 g/mol. The first kappa shape index (κ1) is 14.6. The van der Waals surface area contributed by atoms with Crippen LogP contribution in [0, 0.1) is 5.92 Å². The van der Waals surface area contributed by atoms with E-state index >= 15 is 0 Å². The van der Waals surface area contributed by atoms with Gasteiger partial charge in [-0.05, 0) is 43.7 Å². The highest BCUT2D eigenvalue weighted by Crippen LogP contribution is 2.26. The number of hydrogen-bond donors (Lipinski definition) is 1. The molecule has 1 heterocycles. The molecule has 0 aliphatic heterocycles. The SMILES string of the molecule is CC1CCC(OCc2ccc(CNC(C)C)o2)CC1. The summed E-state index contributed by atoms with van der Waals surface area (Å²) in [5.74, 6) is 2.81. The lowest BCUT2D eigenvalue weighted by molar-refractivity contribution is 0.000888. The van der Waals surface area contributed by atoms with Crippen molar-refractivity contribution >= 4 is 0 Å². The summed E-state index contributed by atoms with van der Waals surface area (Å²) in [6, 6.07) is 4.55. The van der Waals surface area contributed by atoms with Gasteiger partial charge in [0.2, 0.25) is 0 Å². The number of ether oxygens (including phenoxy) is 1. The van der Waals surface area contributed by atoms with Gasteiger partial charge in [-0.25, -0.2) is 0 Å². The average Bonchev–Trinajstić information content (AvgIpc) is 2.84. The average molecular weight is 265 g/mol. The first-order valence-electron chi connectivity index (χ1n) is 7.56. The zero-order valence-electron chi connectivity index (χ0n) is 12.4. The van der Waals surface area contributed by atoms with Crippen molar-refractivity contribution in [2.75, 3.05) is 0 Å². The molecule has 0 amide bonds. The van der Waals surface area contributed by atoms with Crippen molar-refractivity contribution in [3.63, 3.8) is 0 Å². The standard InChI is InChI=1S/C16H27NO2/c1-12(2)17-10-15-8-9-16(19-15)11-18-14-6-4-13(3)5-7-14/h8-9,12-14,17H,4-7,10-11H2,1-3H3. The molecule has 1 fully saturated rings. The van der Waals surface area contributed by atoms with Crippen molar-refractivity contribution < 1.29 is 9.15 Å². The molecular formula is C16H27NO2. The van der Waals surface area contributed by atoms with E-state index in [1.165, 1.54) is 25.7 Å². The molecule has 0 bridgehead atoms. The molecule has 1 aliphatic rings. The Hall–Kier alpha value is -0.800. The second-order valence-corrected chi connectivity index (χ2v) is 6.10. The van der Waals surface area contributed by atoms with Crippen LogP contribution < -0.4 is 5.32 Å². The topological polar surface area (TPSA) is 34.4 Å². The lowest BCUT2D eigenvalue weighted by atomic mass is 9.89. The van der Waals surface area contributed by atoms with Crippen molar-refractivity contribution in [1.82, 2.24) is 5.32 Å². The van der Waals surface area contributed by atoms with E-state index < -0.39 is 0 Å². The van der Waals surface area contributed by atoms with Gasteiger partial charge < -0.3 is 14.5 Å². The zero-order chi connectivity index (χ0) is 13.7. The van der Waals surface area contributed by atoms with Gasteiger partial charge in [0.05, 0.1) is 12.6 Å². The van der Waals surface area contributed by atoms with E-state index in [-0.39, 0.29) is 0 Å². The Balaban J connectivity index is 1.71. The molecule has 2 rings (SSSR count). The minimum atomic E-state index is 0.429. The van der Waals surface area contributed by atoms with E-state index in [1.54, 1.807) is 0 Å². The van der Waals surface area contributed by atoms with Crippen LogP contribution in [-0.4, -0.2) is 12.1 Å². The van der Waals surface area contributed by atoms with Crippen LogP contribution in [0.1, 0.15) is 58.0 Å². The summed E-state index contributed by atoms with van der Waals surface area (Å²) in [5, 5.41) is 3.35. The van der Waals surface area contributed by atoms with Gasteiger partial charge in [0, 0.05) is 6.04 Å². The Bertz CT molecular complexity index is 365. The van der Waals surface area contributed by atoms with Gasteiger partial charge in [-0.2, -0.15) is 0 Å². The van der Waals surface area contributed by atoms with Gasteiger partial charge in [0.1, 0.15) is 18.1 Å². The number of hydrogen-bond acceptors (Lipinski definition) is 3. The summed E-state index contributed by atoms with van der Waals surface area (Å²) < 4.78 is 11.7. The lowest BCUT2D eigenvalue weighted by Gasteiger charge is -2.25. The van der Waals surface area contributed by atoms with E-state index in [1.807, 2.05) is 12.1 Å². The summed E-state index contributed by atoms with van der Waals surface area (Å²) >= 11 is 0. The fourth-order valence-corrected chi connectivity index (χ4v) is 2.50. The Kier molecular flexibility index (Phi) is 5.46. The largest absolute Gasteiger partial charge is 0.462 e. The number of rotatable bonds is 6. The minimum absolute atomic E-state index is 0.429. The first-order valence-corrected chi connectivity index (χ1v) is 7.56. The molecule has 0 aromatic carbocycles. The van der Waals surface area contributed by atoms with E-state index in [4.69, 9.17) is 9.15 Å². The summed E-state index contributed by atoms with van der Waals surface area (Å²) in [5.41, 5.74) is 0. The summed E-state index contributed by atoms with van der Waals surface area (Å²) in [4.78, 5) is 0. The van der Waals surface area contributed by atoms with Crippen LogP contribution >= 0.6 is 0 Å². The van der Waals surface area contributed by atoms with Gasteiger partial charge in [0.15, 0.2) is 0 Å². The van der Waals surface area contributed by atoms with E-state index in [0.29, 0.717) is 18.8 Å². The maximum Gasteiger partial charge on any atom is 0.129 e. The van der Waals surface area contributed by atoms with Crippen molar-refractivity contribution in [2.45, 2.75) is 71.8 Å². The Morgan fingerprint density at radius 1 is 1.21 bits per heavy atom. The zero-order valence-corrected chi connectivity index (χ0v) is 12.4. The van der Waals surface area contributed by atoms with Crippen molar-refractivity contribution in [1.29, 1.82) is 0 Å². The fourth-order valence-electron chi connectivity index (χ4n) is 2.50. The van der Waals surface area contributed by atoms with E-state index in [2.05, 4.69) is 26.1 Å². The van der Waals surface area contributed by atoms with Gasteiger partial charge in [-0.15, -0.1) is 0 Å². The van der Waals surface area contributed by atoms with Crippen LogP contribution in [0.3, 0.4) is 0 Å². The molecule has 3 nitrogen and oxygen atoms in total. The van der Waals surface area contributed by atoms with Gasteiger partial charge in [-0.1, -0.05) is 20.8 Å². The Labute approximate surface area is 116 Å². The molecule has 1 aromatic rings. The van der Waals surface area contributed by atoms with Crippen LogP contribution in [0.15, 0.2) is 16.5 Å². The van der Waals surface area contributed by atoms with Crippen LogP contribution in [0.2, 0.25) is 0 Å². The highest BCUT2D eigenvalue weighted by molar-refractivity contribution is 5.06. The number of furan rings is 1. The predicted octanol–water partition coefficient (Wildman–Crippen LogP) is 3.87. The normalized spacial score (nSPS) is 24.0. The van der Waals surface area contributed by atoms with Crippen LogP contribution in [-0.2, 0) is 17.9 Å². The maximum absolute atomic E-state index is 5.94. The third-order valence-corrected chi connectivity index (χ3v) is 3.83. The lowest BCUT2D eigenvalue weighted by Crippen LogP contribution is -2.21. The molecule has 108 valence electrons. The smallest absolute Gasteiger partial charge is 0.129 e. The van der Waals surface area contributed by atoms with E-state index in [9.17, 15) is 0 Å². The third kappa shape index (κ3) is 5.00. The third-order valence-electron chi connectivity index (χ3n) is 3.83. The van der Waals surface area contributed by atoms with Gasteiger partial charge >= 0.3 is 0 Å². The molecule has 1 aliphatic carbocycles. The van der Waals surface area contributed by atoms with Crippen LogP contribution in [0.25, 0.3) is 0 Å². The molecule has 0 spiro atoms. The molecule has 1 N–H and O–H groups in total. The highest BCUT2D eigenvalue weighted by Gasteiger charge is 2.18. The maximum atomic E-state index is 5.94. The molecule has 3 heteroatoms. The molecule has 0 unspecified atom stereocenters. The second-order valence-electron chi connectivity index (χ2n) is 6.10. The van der Waals surface area contributed by atoms with Crippen LogP contribution in [0.5, 0.6) is 0 Å². The van der Waals surface area contributed by atoms with Crippen molar-refractivity contribution in [2.24, 2.45) is 5.92 Å². The highest BCUT2D eigenvalue weighted by atomic mass is 16.5. The van der Waals surface area contributed by atoms with Gasteiger partial charge in [0.25, 0.3) is 0 Å². The molecule has 1 aromatic heterocycles.